The molecule has 1 N–H and O–H groups in total. The fourth-order valence-corrected chi connectivity index (χ4v) is 3.48. The molecule has 0 radical (unpaired) electrons. The number of rotatable bonds is 7. The maximum atomic E-state index is 14.1. The Labute approximate surface area is 185 Å². The first kappa shape index (κ1) is 21.8. The van der Waals surface area contributed by atoms with Crippen molar-refractivity contribution in [3.63, 3.8) is 0 Å². The standard InChI is InChI=1S/C21H17ClF3N5O2/c22-15-1-3-16(4-2-15)32-17-5-6-18(19(9-17)21(23,24)25)20(31,10-29-8-7-26-13-29)11-30-14-27-12-28-30/h1-9,12-14,31H,10-11H2. The van der Waals surface area contributed by atoms with E-state index in [-0.39, 0.29) is 24.4 Å². The van der Waals surface area contributed by atoms with Gasteiger partial charge in [-0.25, -0.2) is 14.6 Å². The van der Waals surface area contributed by atoms with Crippen LogP contribution in [0.2, 0.25) is 5.02 Å². The van der Waals surface area contributed by atoms with E-state index in [1.807, 2.05) is 0 Å². The van der Waals surface area contributed by atoms with Crippen molar-refractivity contribution in [2.75, 3.05) is 0 Å². The van der Waals surface area contributed by atoms with E-state index in [1.54, 1.807) is 30.5 Å². The number of aliphatic hydroxyl groups is 1. The van der Waals surface area contributed by atoms with Crippen molar-refractivity contribution in [3.05, 3.63) is 90.0 Å². The van der Waals surface area contributed by atoms with Crippen molar-refractivity contribution in [3.8, 4) is 11.5 Å². The van der Waals surface area contributed by atoms with Gasteiger partial charge in [-0.1, -0.05) is 17.7 Å². The monoisotopic (exact) mass is 463 g/mol. The van der Waals surface area contributed by atoms with Crippen molar-refractivity contribution >= 4 is 11.6 Å². The summed E-state index contributed by atoms with van der Waals surface area (Å²) in [6.45, 7) is -0.445. The molecule has 11 heteroatoms. The molecule has 1 atom stereocenters. The quantitative estimate of drug-likeness (QED) is 0.436. The minimum absolute atomic E-state index is 0.0332. The Morgan fingerprint density at radius 2 is 1.69 bits per heavy atom. The van der Waals surface area contributed by atoms with Crippen LogP contribution in [0.25, 0.3) is 0 Å². The van der Waals surface area contributed by atoms with Crippen molar-refractivity contribution in [1.29, 1.82) is 0 Å². The highest BCUT2D eigenvalue weighted by Gasteiger charge is 2.42. The molecule has 4 aromatic rings. The van der Waals surface area contributed by atoms with Crippen LogP contribution in [0, 0.1) is 0 Å². The van der Waals surface area contributed by atoms with Crippen LogP contribution in [0.1, 0.15) is 11.1 Å². The maximum absolute atomic E-state index is 14.1. The molecule has 4 rings (SSSR count). The summed E-state index contributed by atoms with van der Waals surface area (Å²) in [5, 5.41) is 15.9. The number of benzene rings is 2. The number of halogens is 4. The molecule has 2 aromatic heterocycles. The first-order valence-corrected chi connectivity index (χ1v) is 9.76. The van der Waals surface area contributed by atoms with Crippen molar-refractivity contribution < 1.29 is 23.0 Å². The topological polar surface area (TPSA) is 78.0 Å². The van der Waals surface area contributed by atoms with Gasteiger partial charge in [0.15, 0.2) is 0 Å². The van der Waals surface area contributed by atoms with Gasteiger partial charge >= 0.3 is 6.18 Å². The SMILES string of the molecule is OC(Cn1ccnc1)(Cn1cncn1)c1ccc(Oc2ccc(Cl)cc2)cc1C(F)(F)F. The Morgan fingerprint density at radius 3 is 2.31 bits per heavy atom. The lowest BCUT2D eigenvalue weighted by molar-refractivity contribution is -0.141. The second-order valence-corrected chi connectivity index (χ2v) is 7.56. The van der Waals surface area contributed by atoms with Crippen molar-refractivity contribution in [2.45, 2.75) is 24.9 Å². The van der Waals surface area contributed by atoms with E-state index in [9.17, 15) is 18.3 Å². The second kappa shape index (κ2) is 8.64. The van der Waals surface area contributed by atoms with E-state index >= 15 is 0 Å². The summed E-state index contributed by atoms with van der Waals surface area (Å²) in [4.78, 5) is 7.71. The molecule has 0 spiro atoms. The van der Waals surface area contributed by atoms with Crippen LogP contribution in [0.4, 0.5) is 13.2 Å². The minimum Gasteiger partial charge on any atom is -0.457 e. The highest BCUT2D eigenvalue weighted by atomic mass is 35.5. The molecule has 0 aliphatic rings. The van der Waals surface area contributed by atoms with Gasteiger partial charge in [0.1, 0.15) is 29.8 Å². The molecular formula is C21H17ClF3N5O2. The van der Waals surface area contributed by atoms with Crippen LogP contribution < -0.4 is 4.74 Å². The molecule has 0 amide bonds. The van der Waals surface area contributed by atoms with Gasteiger partial charge < -0.3 is 14.4 Å². The molecule has 7 nitrogen and oxygen atoms in total. The lowest BCUT2D eigenvalue weighted by atomic mass is 9.88. The Bertz CT molecular complexity index is 1130. The normalized spacial score (nSPS) is 13.7. The van der Waals surface area contributed by atoms with Crippen LogP contribution >= 0.6 is 11.6 Å². The zero-order chi connectivity index (χ0) is 22.8. The molecular weight excluding hydrogens is 447 g/mol. The van der Waals surface area contributed by atoms with Crippen LogP contribution in [-0.4, -0.2) is 29.4 Å². The summed E-state index contributed by atoms with van der Waals surface area (Å²) in [6, 6.07) is 9.68. The Hall–Kier alpha value is -3.37. The second-order valence-electron chi connectivity index (χ2n) is 7.12. The van der Waals surface area contributed by atoms with Gasteiger partial charge in [-0.05, 0) is 42.0 Å². The summed E-state index contributed by atoms with van der Waals surface area (Å²) in [5.74, 6) is 0.292. The van der Waals surface area contributed by atoms with E-state index in [0.717, 1.165) is 6.07 Å². The third-order valence-corrected chi connectivity index (χ3v) is 4.99. The zero-order valence-corrected chi connectivity index (χ0v) is 17.2. The number of hydrogen-bond acceptors (Lipinski definition) is 5. The van der Waals surface area contributed by atoms with Crippen molar-refractivity contribution in [1.82, 2.24) is 24.3 Å². The van der Waals surface area contributed by atoms with Crippen LogP contribution in [0.3, 0.4) is 0 Å². The number of nitrogens with zero attached hydrogens (tertiary/aromatic N) is 5. The minimum atomic E-state index is -4.75. The molecule has 0 fully saturated rings. The van der Waals surface area contributed by atoms with Crippen LogP contribution in [-0.2, 0) is 24.9 Å². The molecule has 32 heavy (non-hydrogen) atoms. The molecule has 0 saturated carbocycles. The Balaban J connectivity index is 1.76. The Kier molecular flexibility index (Phi) is 5.90. The van der Waals surface area contributed by atoms with E-state index < -0.39 is 17.3 Å². The molecule has 0 aliphatic heterocycles. The zero-order valence-electron chi connectivity index (χ0n) is 16.4. The summed E-state index contributed by atoms with van der Waals surface area (Å²) >= 11 is 5.84. The molecule has 166 valence electrons. The average molecular weight is 464 g/mol. The van der Waals surface area contributed by atoms with Gasteiger partial charge in [0.25, 0.3) is 0 Å². The highest BCUT2D eigenvalue weighted by Crippen LogP contribution is 2.41. The largest absolute Gasteiger partial charge is 0.457 e. The van der Waals surface area contributed by atoms with Gasteiger partial charge in [0, 0.05) is 17.4 Å². The number of alkyl halides is 3. The first-order chi connectivity index (χ1) is 15.2. The smallest absolute Gasteiger partial charge is 0.416 e. The molecule has 2 aromatic carbocycles. The summed E-state index contributed by atoms with van der Waals surface area (Å²) in [6.07, 6.45) is 2.26. The summed E-state index contributed by atoms with van der Waals surface area (Å²) in [5.41, 5.74) is -3.32. The van der Waals surface area contributed by atoms with Gasteiger partial charge in [0.05, 0.1) is 25.0 Å². The van der Waals surface area contributed by atoms with Gasteiger partial charge in [-0.15, -0.1) is 0 Å². The van der Waals surface area contributed by atoms with E-state index in [2.05, 4.69) is 15.1 Å². The fraction of sp³-hybridized carbons (Fsp3) is 0.190. The lowest BCUT2D eigenvalue weighted by Gasteiger charge is -2.31. The van der Waals surface area contributed by atoms with E-state index in [0.29, 0.717) is 10.8 Å². The number of ether oxygens (including phenoxy) is 1. The average Bonchev–Trinajstić information content (AvgIpc) is 3.43. The molecule has 2 heterocycles. The van der Waals surface area contributed by atoms with Crippen LogP contribution in [0.15, 0.2) is 73.8 Å². The van der Waals surface area contributed by atoms with E-state index in [4.69, 9.17) is 16.3 Å². The maximum Gasteiger partial charge on any atom is 0.416 e. The number of hydrogen-bond donors (Lipinski definition) is 1. The van der Waals surface area contributed by atoms with Gasteiger partial charge in [-0.2, -0.15) is 18.3 Å². The Morgan fingerprint density at radius 1 is 0.938 bits per heavy atom. The predicted octanol–water partition coefficient (Wildman–Crippen LogP) is 4.53. The number of aromatic nitrogens is 5. The molecule has 0 bridgehead atoms. The van der Waals surface area contributed by atoms with E-state index in [1.165, 1.54) is 46.6 Å². The highest BCUT2D eigenvalue weighted by molar-refractivity contribution is 6.30. The van der Waals surface area contributed by atoms with Crippen molar-refractivity contribution in [2.24, 2.45) is 0 Å². The fourth-order valence-electron chi connectivity index (χ4n) is 3.35. The molecule has 0 saturated heterocycles. The first-order valence-electron chi connectivity index (χ1n) is 9.39. The predicted molar refractivity (Wildman–Crippen MR) is 109 cm³/mol. The van der Waals surface area contributed by atoms with Crippen LogP contribution in [0.5, 0.6) is 11.5 Å². The molecule has 0 aliphatic carbocycles. The summed E-state index contributed by atoms with van der Waals surface area (Å²) < 4.78 is 50.5. The third kappa shape index (κ3) is 4.92. The lowest BCUT2D eigenvalue weighted by Crippen LogP contribution is -2.38. The summed E-state index contributed by atoms with van der Waals surface area (Å²) in [7, 11) is 0. The number of imidazole rings is 1. The van der Waals surface area contributed by atoms with Gasteiger partial charge in [-0.3, -0.25) is 0 Å². The van der Waals surface area contributed by atoms with Gasteiger partial charge in [0.2, 0.25) is 0 Å². The third-order valence-electron chi connectivity index (χ3n) is 4.74. The molecule has 1 unspecified atom stereocenters.